The molecule has 0 bridgehead atoms. The highest BCUT2D eigenvalue weighted by Crippen LogP contribution is 2.26. The normalized spacial score (nSPS) is 9.44. The third kappa shape index (κ3) is 6.55. The van der Waals surface area contributed by atoms with Gasteiger partial charge in [-0.2, -0.15) is 0 Å². The lowest BCUT2D eigenvalue weighted by atomic mass is 10.1. The molecule has 0 heterocycles. The molecule has 0 atom stereocenters. The molecule has 0 unspecified atom stereocenters. The summed E-state index contributed by atoms with van der Waals surface area (Å²) in [5, 5.41) is 3.21. The fourth-order valence-corrected chi connectivity index (χ4v) is 2.50. The van der Waals surface area contributed by atoms with Crippen LogP contribution < -0.4 is 10.1 Å². The van der Waals surface area contributed by atoms with Crippen LogP contribution in [0.4, 0.5) is 5.69 Å². The van der Waals surface area contributed by atoms with E-state index in [1.54, 1.807) is 6.92 Å². The van der Waals surface area contributed by atoms with Gasteiger partial charge in [-0.05, 0) is 43.2 Å². The summed E-state index contributed by atoms with van der Waals surface area (Å²) in [5.74, 6) is 0.883. The zero-order chi connectivity index (χ0) is 18.7. The van der Waals surface area contributed by atoms with E-state index in [0.717, 1.165) is 33.0 Å². The van der Waals surface area contributed by atoms with E-state index in [1.807, 2.05) is 50.4 Å². The lowest BCUT2D eigenvalue weighted by Gasteiger charge is -2.14. The van der Waals surface area contributed by atoms with Crippen molar-refractivity contribution in [2.24, 2.45) is 0 Å². The summed E-state index contributed by atoms with van der Waals surface area (Å²) in [7, 11) is 1.91. The minimum atomic E-state index is 0.431. The highest BCUT2D eigenvalue weighted by molar-refractivity contribution is 7.80. The van der Waals surface area contributed by atoms with Gasteiger partial charge in [0.1, 0.15) is 12.4 Å². The molecule has 1 N–H and O–H groups in total. The van der Waals surface area contributed by atoms with Crippen molar-refractivity contribution in [3.8, 4) is 5.75 Å². The van der Waals surface area contributed by atoms with Crippen molar-refractivity contribution in [3.63, 3.8) is 0 Å². The smallest absolute Gasteiger partial charge is 0.293 e. The highest BCUT2D eigenvalue weighted by Gasteiger charge is 2.06. The zero-order valence-corrected chi connectivity index (χ0v) is 15.8. The SMILES string of the molecule is C=Cc1cccc(COc2ccc(S)cc2C)c1NC.CCOC=O. The molecule has 0 amide bonds. The summed E-state index contributed by atoms with van der Waals surface area (Å²) >= 11 is 4.32. The average Bonchev–Trinajstić information content (AvgIpc) is 2.61. The maximum absolute atomic E-state index is 9.18. The van der Waals surface area contributed by atoms with Crippen LogP contribution in [-0.4, -0.2) is 20.1 Å². The van der Waals surface area contributed by atoms with Crippen molar-refractivity contribution < 1.29 is 14.3 Å². The third-order valence-electron chi connectivity index (χ3n) is 3.43. The van der Waals surface area contributed by atoms with Gasteiger partial charge in [0.05, 0.1) is 6.61 Å². The molecular formula is C20H25NO3S. The summed E-state index contributed by atoms with van der Waals surface area (Å²) < 4.78 is 10.1. The maximum atomic E-state index is 9.18. The Bertz CT molecular complexity index is 701. The van der Waals surface area contributed by atoms with Crippen LogP contribution in [0.2, 0.25) is 0 Å². The number of thiol groups is 1. The van der Waals surface area contributed by atoms with Crippen molar-refractivity contribution in [1.29, 1.82) is 0 Å². The van der Waals surface area contributed by atoms with E-state index in [-0.39, 0.29) is 0 Å². The first-order chi connectivity index (χ1) is 12.1. The van der Waals surface area contributed by atoms with Crippen LogP contribution in [-0.2, 0) is 16.1 Å². The number of carbonyl (C=O) groups is 1. The fraction of sp³-hybridized carbons (Fsp3) is 0.250. The lowest BCUT2D eigenvalue weighted by Crippen LogP contribution is -2.03. The monoisotopic (exact) mass is 359 g/mol. The van der Waals surface area contributed by atoms with Crippen LogP contribution in [0.5, 0.6) is 5.75 Å². The molecule has 2 aromatic rings. The van der Waals surface area contributed by atoms with Crippen molar-refractivity contribution in [2.45, 2.75) is 25.3 Å². The number of nitrogens with one attached hydrogen (secondary N) is 1. The van der Waals surface area contributed by atoms with Crippen molar-refractivity contribution in [1.82, 2.24) is 0 Å². The second kappa shape index (κ2) is 11.2. The number of hydrogen-bond acceptors (Lipinski definition) is 5. The quantitative estimate of drug-likeness (QED) is 0.554. The first-order valence-corrected chi connectivity index (χ1v) is 8.41. The first-order valence-electron chi connectivity index (χ1n) is 7.97. The topological polar surface area (TPSA) is 47.6 Å². The number of carbonyl (C=O) groups excluding carboxylic acids is 1. The maximum Gasteiger partial charge on any atom is 0.293 e. The molecule has 0 saturated carbocycles. The van der Waals surface area contributed by atoms with Gasteiger partial charge in [-0.1, -0.05) is 30.9 Å². The van der Waals surface area contributed by atoms with Gasteiger partial charge in [0.15, 0.2) is 0 Å². The summed E-state index contributed by atoms with van der Waals surface area (Å²) in [6, 6.07) is 12.0. The van der Waals surface area contributed by atoms with Crippen LogP contribution in [0.1, 0.15) is 23.6 Å². The lowest BCUT2D eigenvalue weighted by molar-refractivity contribution is -0.128. The van der Waals surface area contributed by atoms with Crippen LogP contribution in [0.25, 0.3) is 6.08 Å². The largest absolute Gasteiger partial charge is 0.489 e. The number of aryl methyl sites for hydroxylation is 1. The molecular weight excluding hydrogens is 334 g/mol. The second-order valence-electron chi connectivity index (χ2n) is 5.13. The molecule has 0 fully saturated rings. The minimum Gasteiger partial charge on any atom is -0.489 e. The highest BCUT2D eigenvalue weighted by atomic mass is 32.1. The Morgan fingerprint density at radius 3 is 2.56 bits per heavy atom. The molecule has 2 aromatic carbocycles. The molecule has 25 heavy (non-hydrogen) atoms. The number of hydrogen-bond donors (Lipinski definition) is 2. The van der Waals surface area contributed by atoms with Gasteiger partial charge in [0, 0.05) is 23.2 Å². The Morgan fingerprint density at radius 1 is 1.28 bits per heavy atom. The summed E-state index contributed by atoms with van der Waals surface area (Å²) in [4.78, 5) is 10.1. The molecule has 0 saturated heterocycles. The van der Waals surface area contributed by atoms with E-state index in [0.29, 0.717) is 19.7 Å². The van der Waals surface area contributed by atoms with Gasteiger partial charge in [0.25, 0.3) is 6.47 Å². The Hall–Kier alpha value is -2.40. The molecule has 0 radical (unpaired) electrons. The Labute approximate surface area is 155 Å². The average molecular weight is 359 g/mol. The number of rotatable bonds is 7. The van der Waals surface area contributed by atoms with E-state index >= 15 is 0 Å². The Balaban J connectivity index is 0.000000550. The third-order valence-corrected chi connectivity index (χ3v) is 3.71. The molecule has 0 aliphatic heterocycles. The van der Waals surface area contributed by atoms with Gasteiger partial charge in [0.2, 0.25) is 0 Å². The number of ether oxygens (including phenoxy) is 2. The van der Waals surface area contributed by atoms with Crippen LogP contribution in [0, 0.1) is 6.92 Å². The molecule has 0 aliphatic rings. The number of para-hydroxylation sites is 1. The second-order valence-corrected chi connectivity index (χ2v) is 5.64. The number of benzene rings is 2. The Kier molecular flexibility index (Phi) is 9.25. The number of anilines is 1. The molecule has 0 aliphatic carbocycles. The summed E-state index contributed by atoms with van der Waals surface area (Å²) in [6.07, 6.45) is 1.84. The van der Waals surface area contributed by atoms with E-state index < -0.39 is 0 Å². The molecule has 0 spiro atoms. The molecule has 5 heteroatoms. The van der Waals surface area contributed by atoms with Crippen molar-refractivity contribution >= 4 is 30.9 Å². The molecule has 2 rings (SSSR count). The van der Waals surface area contributed by atoms with Gasteiger partial charge in [-0.15, -0.1) is 12.6 Å². The van der Waals surface area contributed by atoms with Crippen LogP contribution in [0.3, 0.4) is 0 Å². The standard InChI is InChI=1S/C17H19NOS.C3H6O2/c1-4-13-6-5-7-14(17(13)18-3)11-19-16-9-8-15(20)10-12(16)2;1-2-5-3-4/h4-10,18,20H,1,11H2,2-3H3;3H,2H2,1H3. The van der Waals surface area contributed by atoms with Gasteiger partial charge in [-0.3, -0.25) is 4.79 Å². The van der Waals surface area contributed by atoms with Gasteiger partial charge >= 0.3 is 0 Å². The van der Waals surface area contributed by atoms with E-state index in [9.17, 15) is 4.79 Å². The zero-order valence-electron chi connectivity index (χ0n) is 14.9. The fourth-order valence-electron chi connectivity index (χ4n) is 2.23. The molecule has 0 aromatic heterocycles. The van der Waals surface area contributed by atoms with Crippen molar-refractivity contribution in [2.75, 3.05) is 19.0 Å². The predicted molar refractivity (Wildman–Crippen MR) is 107 cm³/mol. The van der Waals surface area contributed by atoms with Crippen molar-refractivity contribution in [3.05, 3.63) is 59.7 Å². The van der Waals surface area contributed by atoms with E-state index in [1.165, 1.54) is 0 Å². The summed E-state index contributed by atoms with van der Waals surface area (Å²) in [6.45, 7) is 9.04. The van der Waals surface area contributed by atoms with Gasteiger partial charge in [-0.25, -0.2) is 0 Å². The molecule has 4 nitrogen and oxygen atoms in total. The van der Waals surface area contributed by atoms with E-state index in [4.69, 9.17) is 4.74 Å². The first kappa shape index (κ1) is 20.6. The summed E-state index contributed by atoms with van der Waals surface area (Å²) in [5.41, 5.74) is 4.34. The van der Waals surface area contributed by atoms with E-state index in [2.05, 4.69) is 35.3 Å². The van der Waals surface area contributed by atoms with Gasteiger partial charge < -0.3 is 14.8 Å². The molecule has 134 valence electrons. The Morgan fingerprint density at radius 2 is 2.04 bits per heavy atom. The minimum absolute atomic E-state index is 0.431. The van der Waals surface area contributed by atoms with Crippen LogP contribution in [0.15, 0.2) is 47.9 Å². The predicted octanol–water partition coefficient (Wildman–Crippen LogP) is 4.73. The van der Waals surface area contributed by atoms with Crippen LogP contribution >= 0.6 is 12.6 Å².